The van der Waals surface area contributed by atoms with Crippen LogP contribution >= 0.6 is 0 Å². The van der Waals surface area contributed by atoms with Crippen molar-refractivity contribution in [2.75, 3.05) is 0 Å². The summed E-state index contributed by atoms with van der Waals surface area (Å²) >= 11 is 0. The van der Waals surface area contributed by atoms with Gasteiger partial charge in [-0.15, -0.1) is 0 Å². The van der Waals surface area contributed by atoms with E-state index in [4.69, 9.17) is 19.9 Å². The first kappa shape index (κ1) is 66.6. The monoisotopic (exact) mass is 1450 g/mol. The summed E-state index contributed by atoms with van der Waals surface area (Å²) in [7, 11) is 0. The molecule has 0 saturated carbocycles. The van der Waals surface area contributed by atoms with Crippen molar-refractivity contribution in [3.8, 4) is 146 Å². The number of hydrogen-bond donors (Lipinski definition) is 0. The van der Waals surface area contributed by atoms with Gasteiger partial charge in [0.2, 0.25) is 0 Å². The van der Waals surface area contributed by atoms with Gasteiger partial charge in [0.1, 0.15) is 0 Å². The molecule has 0 aliphatic heterocycles. The molecule has 534 valence electrons. The highest BCUT2D eigenvalue weighted by atomic mass is 14.9. The zero-order chi connectivity index (χ0) is 75.9. The molecule has 2 aliphatic rings. The number of aromatic nitrogens is 4. The lowest BCUT2D eigenvalue weighted by atomic mass is 9.81. The third kappa shape index (κ3) is 11.0. The topological polar surface area (TPSA) is 51.6 Å². The highest BCUT2D eigenvalue weighted by molar-refractivity contribution is 6.09. The first-order valence-corrected chi connectivity index (χ1v) is 39.5. The summed E-state index contributed by atoms with van der Waals surface area (Å²) in [4.78, 5) is 22.0. The molecule has 22 rings (SSSR count). The quantitative estimate of drug-likeness (QED) is 0.129. The maximum Gasteiger partial charge on any atom is 0.160 e. The van der Waals surface area contributed by atoms with Gasteiger partial charge >= 0.3 is 0 Å². The summed E-state index contributed by atoms with van der Waals surface area (Å²) < 4.78 is 0. The average Bonchev–Trinajstić information content (AvgIpc) is 1.56. The van der Waals surface area contributed by atoms with E-state index in [9.17, 15) is 0 Å². The van der Waals surface area contributed by atoms with Crippen LogP contribution in [0.3, 0.4) is 0 Å². The van der Waals surface area contributed by atoms with E-state index in [2.05, 4.69) is 398 Å². The van der Waals surface area contributed by atoms with Crippen LogP contribution in [0.2, 0.25) is 0 Å². The molecule has 0 amide bonds. The highest BCUT2D eigenvalue weighted by Crippen LogP contribution is 2.54. The molecule has 0 radical (unpaired) electrons. The Hall–Kier alpha value is -14.3. The predicted octanol–water partition coefficient (Wildman–Crippen LogP) is 29.1. The van der Waals surface area contributed by atoms with Crippen LogP contribution in [-0.4, -0.2) is 19.9 Å². The molecular weight excluding hydrogens is 1380 g/mol. The van der Waals surface area contributed by atoms with Crippen LogP contribution in [0.5, 0.6) is 0 Å². The Kier molecular flexibility index (Phi) is 15.3. The normalized spacial score (nSPS) is 13.1. The smallest absolute Gasteiger partial charge is 0.160 e. The van der Waals surface area contributed by atoms with Crippen LogP contribution in [0.15, 0.2) is 376 Å². The van der Waals surface area contributed by atoms with Gasteiger partial charge in [-0.25, -0.2) is 19.9 Å². The Bertz CT molecular complexity index is 7390. The largest absolute Gasteiger partial charge is 0.228 e. The Morgan fingerprint density at radius 1 is 0.158 bits per heavy atom. The van der Waals surface area contributed by atoms with Crippen LogP contribution in [0, 0.1) is 0 Å². The Morgan fingerprint density at radius 2 is 0.509 bits per heavy atom. The van der Waals surface area contributed by atoms with Gasteiger partial charge in [-0.2, -0.15) is 0 Å². The molecule has 2 aliphatic carbocycles. The maximum atomic E-state index is 5.61. The maximum absolute atomic E-state index is 5.61. The van der Waals surface area contributed by atoms with Crippen LogP contribution in [-0.2, 0) is 10.8 Å². The zero-order valence-corrected chi connectivity index (χ0v) is 63.6. The minimum absolute atomic E-state index is 0.159. The number of hydrogen-bond acceptors (Lipinski definition) is 4. The van der Waals surface area contributed by atoms with Crippen molar-refractivity contribution >= 4 is 64.6 Å². The van der Waals surface area contributed by atoms with Crippen molar-refractivity contribution in [3.05, 3.63) is 398 Å². The van der Waals surface area contributed by atoms with E-state index in [1.165, 1.54) is 115 Å². The molecule has 0 saturated heterocycles. The van der Waals surface area contributed by atoms with Gasteiger partial charge in [0, 0.05) is 44.2 Å². The Labute approximate surface area is 662 Å². The van der Waals surface area contributed by atoms with Crippen LogP contribution in [0.25, 0.3) is 210 Å². The minimum atomic E-state index is -0.175. The molecule has 0 fully saturated rings. The van der Waals surface area contributed by atoms with Gasteiger partial charge in [-0.05, 0) is 225 Å². The number of nitrogens with zero attached hydrogens (tertiary/aromatic N) is 4. The van der Waals surface area contributed by atoms with Crippen molar-refractivity contribution in [1.82, 2.24) is 19.9 Å². The molecule has 0 atom stereocenters. The average molecular weight is 1450 g/mol. The molecule has 4 heteroatoms. The summed E-state index contributed by atoms with van der Waals surface area (Å²) in [5.41, 5.74) is 31.3. The van der Waals surface area contributed by atoms with Crippen molar-refractivity contribution in [2.45, 2.75) is 38.5 Å². The summed E-state index contributed by atoms with van der Waals surface area (Å²) in [5.74, 6) is 1.33. The second kappa shape index (κ2) is 26.2. The SMILES string of the molecule is CC1(C)c2cc(-c3ccc(-c4cc(-c5ccc(-c6cc(-c7ccc(-c8nc(-c9ccccc9-c9cccc%10ccccc9%10)cc(-c9ccc(-c%10ccc%11c(c%10)C(C)(C)c%10cc%12ccccc%12cc%10-%11)c%10ccccc9%10)n8)cc7)cc7ccccc67)cc5)nc(-c5ccccc5)n4)c4ccccc34)ccc2-c2cc3ccccc3cc21. The minimum Gasteiger partial charge on any atom is -0.228 e. The van der Waals surface area contributed by atoms with Gasteiger partial charge < -0.3 is 0 Å². The van der Waals surface area contributed by atoms with Crippen molar-refractivity contribution in [3.63, 3.8) is 0 Å². The third-order valence-electron chi connectivity index (χ3n) is 24.7. The molecule has 0 unspecified atom stereocenters. The molecule has 2 heterocycles. The van der Waals surface area contributed by atoms with Crippen molar-refractivity contribution in [2.24, 2.45) is 0 Å². The van der Waals surface area contributed by atoms with Crippen LogP contribution < -0.4 is 0 Å². The molecule has 0 spiro atoms. The fraction of sp³-hybridized carbons (Fsp3) is 0.0545. The van der Waals surface area contributed by atoms with E-state index in [1.807, 2.05) is 6.07 Å². The molecule has 20 aromatic rings. The summed E-state index contributed by atoms with van der Waals surface area (Å²) in [6, 6.07) is 138. The van der Waals surface area contributed by atoms with Gasteiger partial charge in [0.15, 0.2) is 11.6 Å². The van der Waals surface area contributed by atoms with E-state index < -0.39 is 0 Å². The van der Waals surface area contributed by atoms with E-state index in [-0.39, 0.29) is 10.8 Å². The number of benzene rings is 18. The molecule has 0 N–H and O–H groups in total. The number of rotatable bonds is 11. The standard InChI is InChI=1S/C110H74N4/c1-109(2)99-63-78(49-51-91(99)97-58-73-26-8-10-28-75(73)61-101(97)109)83-53-55-94(89-37-18-16-34-85(83)89)104-65-103(111-107(112-104)71-24-6-5-7-25-71)70-45-43-69(44-46-70)96-60-80(57-77-30-13-15-33-82(77)96)67-41-47-72(48-42-67)108-113-105(93-39-21-20-36-88(93)87-40-22-31-68-23-12-14-32-81(68)87)66-106(114-108)95-56-54-84(86-35-17-19-38-90(86)95)79-50-52-92-98-59-74-27-9-11-29-76(74)62-102(98)110(3,4)100(92)64-79/h5-66H,1-4H3. The van der Waals surface area contributed by atoms with Crippen molar-refractivity contribution < 1.29 is 0 Å². The van der Waals surface area contributed by atoms with Gasteiger partial charge in [-0.3, -0.25) is 0 Å². The van der Waals surface area contributed by atoms with E-state index in [1.54, 1.807) is 0 Å². The van der Waals surface area contributed by atoms with Gasteiger partial charge in [0.05, 0.1) is 22.8 Å². The second-order valence-electron chi connectivity index (χ2n) is 31.9. The molecule has 2 aromatic heterocycles. The van der Waals surface area contributed by atoms with Crippen molar-refractivity contribution in [1.29, 1.82) is 0 Å². The number of fused-ring (bicyclic) bond motifs is 12. The fourth-order valence-electron chi connectivity index (χ4n) is 18.8. The molecule has 114 heavy (non-hydrogen) atoms. The van der Waals surface area contributed by atoms with Gasteiger partial charge in [-0.1, -0.05) is 343 Å². The first-order chi connectivity index (χ1) is 56.0. The molecule has 0 bridgehead atoms. The fourth-order valence-corrected chi connectivity index (χ4v) is 18.8. The zero-order valence-electron chi connectivity index (χ0n) is 63.6. The second-order valence-corrected chi connectivity index (χ2v) is 31.9. The van der Waals surface area contributed by atoms with E-state index >= 15 is 0 Å². The predicted molar refractivity (Wildman–Crippen MR) is 478 cm³/mol. The summed E-state index contributed by atoms with van der Waals surface area (Å²) in [6.07, 6.45) is 0. The Balaban J connectivity index is 0.614. The highest BCUT2D eigenvalue weighted by Gasteiger charge is 2.38. The third-order valence-corrected chi connectivity index (χ3v) is 24.7. The summed E-state index contributed by atoms with van der Waals surface area (Å²) in [5, 5.41) is 14.4. The van der Waals surface area contributed by atoms with E-state index in [0.717, 1.165) is 106 Å². The first-order valence-electron chi connectivity index (χ1n) is 39.5. The van der Waals surface area contributed by atoms with Gasteiger partial charge in [0.25, 0.3) is 0 Å². The lowest BCUT2D eigenvalue weighted by Gasteiger charge is -2.22. The Morgan fingerprint density at radius 3 is 1.06 bits per heavy atom. The summed E-state index contributed by atoms with van der Waals surface area (Å²) in [6.45, 7) is 9.50. The lowest BCUT2D eigenvalue weighted by molar-refractivity contribution is 0.661. The van der Waals surface area contributed by atoms with Crippen LogP contribution in [0.4, 0.5) is 0 Å². The lowest BCUT2D eigenvalue weighted by Crippen LogP contribution is -2.15. The van der Waals surface area contributed by atoms with E-state index in [0.29, 0.717) is 11.6 Å². The molecule has 18 aromatic carbocycles. The molecular formula is C110H74N4. The van der Waals surface area contributed by atoms with Crippen LogP contribution in [0.1, 0.15) is 49.9 Å². The molecule has 4 nitrogen and oxygen atoms in total.